The molecule has 1 aromatic carbocycles. The van der Waals surface area contributed by atoms with Crippen molar-refractivity contribution in [1.29, 1.82) is 0 Å². The molecule has 6 heteroatoms. The number of nitrogens with zero attached hydrogens (tertiary/aromatic N) is 1. The SMILES string of the molecule is CCC(=O)N1c2ccccc2S[C@@H]2CS(=O)(=O)C[C@@H]21. The summed E-state index contributed by atoms with van der Waals surface area (Å²) in [5, 5.41) is -0.0320. The molecule has 0 unspecified atom stereocenters. The predicted molar refractivity (Wildman–Crippen MR) is 76.3 cm³/mol. The van der Waals surface area contributed by atoms with E-state index in [2.05, 4.69) is 0 Å². The third kappa shape index (κ3) is 2.17. The van der Waals surface area contributed by atoms with Crippen molar-refractivity contribution < 1.29 is 13.2 Å². The topological polar surface area (TPSA) is 54.5 Å². The van der Waals surface area contributed by atoms with Crippen molar-refractivity contribution in [3.05, 3.63) is 24.3 Å². The van der Waals surface area contributed by atoms with Crippen LogP contribution < -0.4 is 4.90 Å². The van der Waals surface area contributed by atoms with Crippen LogP contribution in [0, 0.1) is 0 Å². The molecule has 19 heavy (non-hydrogen) atoms. The highest BCUT2D eigenvalue weighted by molar-refractivity contribution is 8.02. The van der Waals surface area contributed by atoms with Crippen molar-refractivity contribution in [3.8, 4) is 0 Å². The Kier molecular flexibility index (Phi) is 3.09. The van der Waals surface area contributed by atoms with E-state index in [9.17, 15) is 13.2 Å². The van der Waals surface area contributed by atoms with Gasteiger partial charge in [-0.25, -0.2) is 8.42 Å². The number of para-hydroxylation sites is 1. The molecule has 0 spiro atoms. The molecule has 2 aliphatic heterocycles. The van der Waals surface area contributed by atoms with Crippen LogP contribution in [0.5, 0.6) is 0 Å². The number of benzene rings is 1. The second-order valence-electron chi connectivity index (χ2n) is 4.89. The Morgan fingerprint density at radius 3 is 2.84 bits per heavy atom. The van der Waals surface area contributed by atoms with E-state index in [0.717, 1.165) is 10.6 Å². The van der Waals surface area contributed by atoms with Crippen LogP contribution in [0.15, 0.2) is 29.2 Å². The summed E-state index contributed by atoms with van der Waals surface area (Å²) in [5.74, 6) is 0.259. The van der Waals surface area contributed by atoms with Crippen LogP contribution in [0.3, 0.4) is 0 Å². The van der Waals surface area contributed by atoms with Gasteiger partial charge in [-0.05, 0) is 12.1 Å². The average molecular weight is 297 g/mol. The summed E-state index contributed by atoms with van der Waals surface area (Å²) >= 11 is 1.59. The van der Waals surface area contributed by atoms with Crippen LogP contribution in [-0.4, -0.2) is 37.1 Å². The third-order valence-corrected chi connectivity index (χ3v) is 6.89. The number of anilines is 1. The maximum Gasteiger partial charge on any atom is 0.227 e. The van der Waals surface area contributed by atoms with Crippen molar-refractivity contribution in [3.63, 3.8) is 0 Å². The Labute approximate surface area is 117 Å². The van der Waals surface area contributed by atoms with Crippen LogP contribution in [0.25, 0.3) is 0 Å². The Bertz CT molecular complexity index is 627. The number of amides is 1. The fourth-order valence-electron chi connectivity index (χ4n) is 2.74. The highest BCUT2D eigenvalue weighted by Gasteiger charge is 2.46. The lowest BCUT2D eigenvalue weighted by molar-refractivity contribution is -0.118. The average Bonchev–Trinajstić information content (AvgIpc) is 2.68. The van der Waals surface area contributed by atoms with Gasteiger partial charge in [-0.15, -0.1) is 11.8 Å². The lowest BCUT2D eigenvalue weighted by atomic mass is 10.1. The van der Waals surface area contributed by atoms with Crippen molar-refractivity contribution in [2.75, 3.05) is 16.4 Å². The zero-order chi connectivity index (χ0) is 13.6. The number of fused-ring (bicyclic) bond motifs is 2. The molecule has 1 aromatic rings. The molecule has 0 aliphatic carbocycles. The summed E-state index contributed by atoms with van der Waals surface area (Å²) in [6.07, 6.45) is 0.391. The van der Waals surface area contributed by atoms with E-state index in [1.807, 2.05) is 31.2 Å². The normalized spacial score (nSPS) is 27.7. The lowest BCUT2D eigenvalue weighted by Gasteiger charge is -2.37. The molecule has 0 bridgehead atoms. The number of hydrogen-bond donors (Lipinski definition) is 0. The fraction of sp³-hybridized carbons (Fsp3) is 0.462. The van der Waals surface area contributed by atoms with Gasteiger partial charge in [-0.3, -0.25) is 4.79 Å². The molecule has 4 nitrogen and oxygen atoms in total. The minimum absolute atomic E-state index is 0.000139. The predicted octanol–water partition coefficient (Wildman–Crippen LogP) is 1.70. The van der Waals surface area contributed by atoms with Crippen LogP contribution in [0.1, 0.15) is 13.3 Å². The first-order valence-electron chi connectivity index (χ1n) is 6.30. The maximum absolute atomic E-state index is 12.2. The van der Waals surface area contributed by atoms with Gasteiger partial charge in [0.1, 0.15) is 0 Å². The highest BCUT2D eigenvalue weighted by atomic mass is 32.2. The van der Waals surface area contributed by atoms with E-state index < -0.39 is 9.84 Å². The van der Waals surface area contributed by atoms with Gasteiger partial charge in [0.15, 0.2) is 9.84 Å². The second kappa shape index (κ2) is 4.52. The van der Waals surface area contributed by atoms with Crippen LogP contribution in [-0.2, 0) is 14.6 Å². The van der Waals surface area contributed by atoms with Gasteiger partial charge in [0.25, 0.3) is 0 Å². The Morgan fingerprint density at radius 1 is 1.37 bits per heavy atom. The summed E-state index contributed by atoms with van der Waals surface area (Å²) in [4.78, 5) is 14.9. The zero-order valence-electron chi connectivity index (χ0n) is 10.6. The monoisotopic (exact) mass is 297 g/mol. The van der Waals surface area contributed by atoms with Crippen molar-refractivity contribution in [2.45, 2.75) is 29.5 Å². The first kappa shape index (κ1) is 13.0. The summed E-state index contributed by atoms with van der Waals surface area (Å²) in [5.41, 5.74) is 0.859. The molecule has 0 aromatic heterocycles. The molecule has 3 rings (SSSR count). The highest BCUT2D eigenvalue weighted by Crippen LogP contribution is 2.45. The summed E-state index contributed by atoms with van der Waals surface area (Å²) in [6, 6.07) is 7.45. The number of thioether (sulfide) groups is 1. The third-order valence-electron chi connectivity index (χ3n) is 3.58. The summed E-state index contributed by atoms with van der Waals surface area (Å²) in [7, 11) is -3.04. The maximum atomic E-state index is 12.2. The molecule has 2 aliphatic rings. The van der Waals surface area contributed by atoms with Crippen LogP contribution >= 0.6 is 11.8 Å². The molecule has 2 heterocycles. The molecule has 1 amide bonds. The number of carbonyl (C=O) groups excluding carboxylic acids is 1. The van der Waals surface area contributed by atoms with E-state index in [0.29, 0.717) is 6.42 Å². The zero-order valence-corrected chi connectivity index (χ0v) is 12.2. The van der Waals surface area contributed by atoms with Gasteiger partial charge >= 0.3 is 0 Å². The van der Waals surface area contributed by atoms with Crippen molar-refractivity contribution >= 4 is 33.2 Å². The Morgan fingerprint density at radius 2 is 2.11 bits per heavy atom. The second-order valence-corrected chi connectivity index (χ2v) is 8.32. The van der Waals surface area contributed by atoms with Gasteiger partial charge in [0.2, 0.25) is 5.91 Å². The molecule has 1 saturated heterocycles. The van der Waals surface area contributed by atoms with E-state index in [-0.39, 0.29) is 28.7 Å². The van der Waals surface area contributed by atoms with Crippen LogP contribution in [0.2, 0.25) is 0 Å². The van der Waals surface area contributed by atoms with Gasteiger partial charge in [-0.1, -0.05) is 19.1 Å². The molecule has 102 valence electrons. The minimum atomic E-state index is -3.04. The Balaban J connectivity index is 2.09. The summed E-state index contributed by atoms with van der Waals surface area (Å²) in [6.45, 7) is 1.81. The molecular formula is C13H15NO3S2. The lowest BCUT2D eigenvalue weighted by Crippen LogP contribution is -2.48. The molecule has 2 atom stereocenters. The largest absolute Gasteiger partial charge is 0.306 e. The van der Waals surface area contributed by atoms with E-state index in [1.165, 1.54) is 0 Å². The molecular weight excluding hydrogens is 282 g/mol. The van der Waals surface area contributed by atoms with Gasteiger partial charge in [0.05, 0.1) is 23.2 Å². The Hall–Kier alpha value is -1.01. The van der Waals surface area contributed by atoms with E-state index in [4.69, 9.17) is 0 Å². The van der Waals surface area contributed by atoms with Gasteiger partial charge < -0.3 is 4.90 Å². The smallest absolute Gasteiger partial charge is 0.227 e. The first-order chi connectivity index (χ1) is 9.02. The van der Waals surface area contributed by atoms with Gasteiger partial charge in [-0.2, -0.15) is 0 Å². The van der Waals surface area contributed by atoms with Crippen molar-refractivity contribution in [1.82, 2.24) is 0 Å². The van der Waals surface area contributed by atoms with Crippen LogP contribution in [0.4, 0.5) is 5.69 Å². The quantitative estimate of drug-likeness (QED) is 0.792. The molecule has 0 saturated carbocycles. The molecule has 0 radical (unpaired) electrons. The van der Waals surface area contributed by atoms with E-state index in [1.54, 1.807) is 16.7 Å². The van der Waals surface area contributed by atoms with E-state index >= 15 is 0 Å². The summed E-state index contributed by atoms with van der Waals surface area (Å²) < 4.78 is 23.7. The standard InChI is InChI=1S/C13H15NO3S2/c1-2-13(15)14-9-5-3-4-6-11(9)18-12-8-19(16,17)7-10(12)14/h3-6,10,12H,2,7-8H2,1H3/t10-,12+/m0/s1. The number of carbonyl (C=O) groups is 1. The fourth-order valence-corrected chi connectivity index (χ4v) is 6.66. The number of rotatable bonds is 1. The van der Waals surface area contributed by atoms with Gasteiger partial charge in [0, 0.05) is 16.6 Å². The molecule has 0 N–H and O–H groups in total. The minimum Gasteiger partial charge on any atom is -0.306 e. The van der Waals surface area contributed by atoms with Crippen molar-refractivity contribution in [2.24, 2.45) is 0 Å². The molecule has 1 fully saturated rings. The number of sulfone groups is 1. The first-order valence-corrected chi connectivity index (χ1v) is 9.00. The number of hydrogen-bond acceptors (Lipinski definition) is 4.